The number of hydrogen-bond acceptors (Lipinski definition) is 4. The minimum atomic E-state index is 0.0644. The lowest BCUT2D eigenvalue weighted by molar-refractivity contribution is 0.174. The third-order valence-electron chi connectivity index (χ3n) is 2.51. The van der Waals surface area contributed by atoms with Crippen LogP contribution >= 0.6 is 11.8 Å². The molecule has 0 fully saturated rings. The molecule has 82 valence electrons. The monoisotopic (exact) mass is 225 g/mol. The van der Waals surface area contributed by atoms with E-state index in [1.807, 2.05) is 12.1 Å². The van der Waals surface area contributed by atoms with Gasteiger partial charge in [-0.05, 0) is 36.4 Å². The van der Waals surface area contributed by atoms with Crippen molar-refractivity contribution in [1.29, 1.82) is 0 Å². The summed E-state index contributed by atoms with van der Waals surface area (Å²) in [6.45, 7) is 2.37. The van der Waals surface area contributed by atoms with Crippen molar-refractivity contribution in [3.05, 3.63) is 23.3 Å². The van der Waals surface area contributed by atoms with Gasteiger partial charge in [0.25, 0.3) is 0 Å². The fourth-order valence-electron chi connectivity index (χ4n) is 1.73. The smallest absolute Gasteiger partial charge is 0.231 e. The van der Waals surface area contributed by atoms with Crippen LogP contribution in [0.3, 0.4) is 0 Å². The summed E-state index contributed by atoms with van der Waals surface area (Å²) in [5.41, 5.74) is 8.40. The van der Waals surface area contributed by atoms with Gasteiger partial charge in [-0.1, -0.05) is 0 Å². The van der Waals surface area contributed by atoms with Gasteiger partial charge in [0, 0.05) is 11.8 Å². The summed E-state index contributed by atoms with van der Waals surface area (Å²) in [4.78, 5) is 0. The van der Waals surface area contributed by atoms with Crippen LogP contribution in [-0.4, -0.2) is 18.8 Å². The standard InChI is InChI=1S/C11H15NO2S/c1-7-3-10-11(14-6-13-10)4-8(7)9(12)5-15-2/h3-4,9H,5-6,12H2,1-2H3. The summed E-state index contributed by atoms with van der Waals surface area (Å²) in [5, 5.41) is 0. The van der Waals surface area contributed by atoms with Gasteiger partial charge in [-0.25, -0.2) is 0 Å². The Hall–Kier alpha value is -0.870. The second-order valence-corrected chi connectivity index (χ2v) is 4.53. The Morgan fingerprint density at radius 2 is 2.07 bits per heavy atom. The topological polar surface area (TPSA) is 44.5 Å². The number of aryl methyl sites for hydroxylation is 1. The van der Waals surface area contributed by atoms with E-state index in [-0.39, 0.29) is 6.04 Å². The fourth-order valence-corrected chi connectivity index (χ4v) is 2.27. The lowest BCUT2D eigenvalue weighted by Crippen LogP contribution is -2.14. The molecule has 1 unspecified atom stereocenters. The number of ether oxygens (including phenoxy) is 2. The van der Waals surface area contributed by atoms with E-state index in [9.17, 15) is 0 Å². The predicted octanol–water partition coefficient (Wildman–Crippen LogP) is 2.09. The van der Waals surface area contributed by atoms with E-state index >= 15 is 0 Å². The van der Waals surface area contributed by atoms with Crippen LogP contribution in [0, 0.1) is 6.92 Å². The number of nitrogens with two attached hydrogens (primary N) is 1. The molecule has 1 aliphatic heterocycles. The molecular weight excluding hydrogens is 210 g/mol. The van der Waals surface area contributed by atoms with Crippen molar-refractivity contribution < 1.29 is 9.47 Å². The first-order valence-corrected chi connectivity index (χ1v) is 6.26. The Morgan fingerprint density at radius 3 is 2.73 bits per heavy atom. The van der Waals surface area contributed by atoms with Crippen molar-refractivity contribution in [3.63, 3.8) is 0 Å². The molecule has 1 heterocycles. The van der Waals surface area contributed by atoms with E-state index in [1.54, 1.807) is 11.8 Å². The molecule has 1 aliphatic rings. The summed E-state index contributed by atoms with van der Waals surface area (Å²) in [7, 11) is 0. The van der Waals surface area contributed by atoms with E-state index in [4.69, 9.17) is 15.2 Å². The van der Waals surface area contributed by atoms with Crippen molar-refractivity contribution in [3.8, 4) is 11.5 Å². The highest BCUT2D eigenvalue weighted by Gasteiger charge is 2.18. The van der Waals surface area contributed by atoms with Crippen molar-refractivity contribution >= 4 is 11.8 Å². The highest BCUT2D eigenvalue weighted by Crippen LogP contribution is 2.36. The quantitative estimate of drug-likeness (QED) is 0.855. The molecule has 1 aromatic carbocycles. The first-order chi connectivity index (χ1) is 7.22. The Balaban J connectivity index is 2.31. The van der Waals surface area contributed by atoms with Crippen LogP contribution in [0.4, 0.5) is 0 Å². The maximum absolute atomic E-state index is 6.08. The molecule has 0 aliphatic carbocycles. The van der Waals surface area contributed by atoms with Crippen LogP contribution in [-0.2, 0) is 0 Å². The van der Waals surface area contributed by atoms with Gasteiger partial charge >= 0.3 is 0 Å². The van der Waals surface area contributed by atoms with Gasteiger partial charge in [0.2, 0.25) is 6.79 Å². The van der Waals surface area contributed by atoms with Gasteiger partial charge < -0.3 is 15.2 Å². The van der Waals surface area contributed by atoms with E-state index in [0.29, 0.717) is 6.79 Å². The molecule has 0 amide bonds. The van der Waals surface area contributed by atoms with E-state index in [0.717, 1.165) is 22.8 Å². The van der Waals surface area contributed by atoms with E-state index < -0.39 is 0 Å². The Bertz CT molecular complexity index is 368. The second kappa shape index (κ2) is 4.33. The third kappa shape index (κ3) is 2.06. The summed E-state index contributed by atoms with van der Waals surface area (Å²) in [6, 6.07) is 4.06. The van der Waals surface area contributed by atoms with Gasteiger partial charge in [-0.2, -0.15) is 11.8 Å². The van der Waals surface area contributed by atoms with E-state index in [2.05, 4.69) is 13.2 Å². The summed E-state index contributed by atoms with van der Waals surface area (Å²) >= 11 is 1.75. The molecule has 0 saturated carbocycles. The molecule has 0 bridgehead atoms. The van der Waals surface area contributed by atoms with Crippen LogP contribution in [0.25, 0.3) is 0 Å². The largest absolute Gasteiger partial charge is 0.454 e. The van der Waals surface area contributed by atoms with Crippen molar-refractivity contribution in [2.24, 2.45) is 5.73 Å². The maximum atomic E-state index is 6.08. The van der Waals surface area contributed by atoms with Crippen LogP contribution < -0.4 is 15.2 Å². The minimum Gasteiger partial charge on any atom is -0.454 e. The molecule has 1 aromatic rings. The lowest BCUT2D eigenvalue weighted by Gasteiger charge is -2.14. The zero-order valence-corrected chi connectivity index (χ0v) is 9.76. The summed E-state index contributed by atoms with van der Waals surface area (Å²) in [6.07, 6.45) is 2.06. The fraction of sp³-hybridized carbons (Fsp3) is 0.455. The molecular formula is C11H15NO2S. The predicted molar refractivity (Wildman–Crippen MR) is 62.6 cm³/mol. The lowest BCUT2D eigenvalue weighted by atomic mass is 10.0. The number of rotatable bonds is 3. The average molecular weight is 225 g/mol. The summed E-state index contributed by atoms with van der Waals surface area (Å²) in [5.74, 6) is 2.56. The van der Waals surface area contributed by atoms with Crippen molar-refractivity contribution in [2.45, 2.75) is 13.0 Å². The molecule has 0 saturated heterocycles. The van der Waals surface area contributed by atoms with Crippen LogP contribution in [0.15, 0.2) is 12.1 Å². The molecule has 3 nitrogen and oxygen atoms in total. The molecule has 2 rings (SSSR count). The molecule has 0 radical (unpaired) electrons. The van der Waals surface area contributed by atoms with Gasteiger partial charge in [-0.3, -0.25) is 0 Å². The number of fused-ring (bicyclic) bond motifs is 1. The minimum absolute atomic E-state index is 0.0644. The SMILES string of the molecule is CSCC(N)c1cc2c(cc1C)OCO2. The molecule has 4 heteroatoms. The Labute approximate surface area is 93.9 Å². The van der Waals surface area contributed by atoms with Gasteiger partial charge in [0.15, 0.2) is 11.5 Å². The maximum Gasteiger partial charge on any atom is 0.231 e. The highest BCUT2D eigenvalue weighted by atomic mass is 32.2. The van der Waals surface area contributed by atoms with Crippen LogP contribution in [0.1, 0.15) is 17.2 Å². The van der Waals surface area contributed by atoms with Gasteiger partial charge in [0.05, 0.1) is 0 Å². The van der Waals surface area contributed by atoms with Gasteiger partial charge in [0.1, 0.15) is 0 Å². The third-order valence-corrected chi connectivity index (χ3v) is 3.20. The van der Waals surface area contributed by atoms with Crippen LogP contribution in [0.5, 0.6) is 11.5 Å². The molecule has 0 spiro atoms. The van der Waals surface area contributed by atoms with Crippen molar-refractivity contribution in [2.75, 3.05) is 18.8 Å². The Kier molecular flexibility index (Phi) is 3.07. The number of hydrogen-bond donors (Lipinski definition) is 1. The Morgan fingerprint density at radius 1 is 1.40 bits per heavy atom. The second-order valence-electron chi connectivity index (χ2n) is 3.62. The molecule has 1 atom stereocenters. The molecule has 2 N–H and O–H groups in total. The first-order valence-electron chi connectivity index (χ1n) is 4.87. The number of thioether (sulfide) groups is 1. The first kappa shape index (κ1) is 10.6. The normalized spacial score (nSPS) is 15.4. The molecule has 0 aromatic heterocycles. The highest BCUT2D eigenvalue weighted by molar-refractivity contribution is 7.98. The summed E-state index contributed by atoms with van der Waals surface area (Å²) < 4.78 is 10.6. The van der Waals surface area contributed by atoms with Gasteiger partial charge in [-0.15, -0.1) is 0 Å². The van der Waals surface area contributed by atoms with Crippen molar-refractivity contribution in [1.82, 2.24) is 0 Å². The molecule has 15 heavy (non-hydrogen) atoms. The number of benzene rings is 1. The zero-order chi connectivity index (χ0) is 10.8. The average Bonchev–Trinajstić information content (AvgIpc) is 2.63. The van der Waals surface area contributed by atoms with E-state index in [1.165, 1.54) is 5.56 Å². The zero-order valence-electron chi connectivity index (χ0n) is 8.95. The van der Waals surface area contributed by atoms with Crippen LogP contribution in [0.2, 0.25) is 0 Å².